The Balaban J connectivity index is 2.12. The lowest BCUT2D eigenvalue weighted by molar-refractivity contribution is 0.112. The molecule has 88 valence electrons. The van der Waals surface area contributed by atoms with Gasteiger partial charge in [0.2, 0.25) is 0 Å². The molecule has 0 N–H and O–H groups in total. The molecule has 1 aromatic heterocycles. The summed E-state index contributed by atoms with van der Waals surface area (Å²) in [6, 6.07) is 2.72. The number of piperidine rings is 1. The Morgan fingerprint density at radius 2 is 2.44 bits per heavy atom. The smallest absolute Gasteiger partial charge is 0.160 e. The van der Waals surface area contributed by atoms with Gasteiger partial charge in [0, 0.05) is 23.7 Å². The quantitative estimate of drug-likeness (QED) is 0.744. The van der Waals surface area contributed by atoms with E-state index in [0.717, 1.165) is 17.7 Å². The van der Waals surface area contributed by atoms with Crippen LogP contribution in [0.5, 0.6) is 0 Å². The van der Waals surface area contributed by atoms with Gasteiger partial charge >= 0.3 is 0 Å². The minimum Gasteiger partial charge on any atom is -0.368 e. The van der Waals surface area contributed by atoms with Crippen LogP contribution in [-0.2, 0) is 0 Å². The maximum absolute atomic E-state index is 10.7. The summed E-state index contributed by atoms with van der Waals surface area (Å²) in [5, 5.41) is 2.12. The van der Waals surface area contributed by atoms with Gasteiger partial charge in [0.25, 0.3) is 0 Å². The Morgan fingerprint density at radius 1 is 1.56 bits per heavy atom. The molecule has 1 aromatic rings. The molecule has 2 nitrogen and oxygen atoms in total. The van der Waals surface area contributed by atoms with Gasteiger partial charge in [-0.1, -0.05) is 13.3 Å². The summed E-state index contributed by atoms with van der Waals surface area (Å²) in [6.45, 7) is 3.40. The van der Waals surface area contributed by atoms with Gasteiger partial charge in [-0.25, -0.2) is 0 Å². The fraction of sp³-hybridized carbons (Fsp3) is 0.615. The molecule has 0 aromatic carbocycles. The molecule has 0 saturated carbocycles. The summed E-state index contributed by atoms with van der Waals surface area (Å²) >= 11 is 1.55. The van der Waals surface area contributed by atoms with E-state index < -0.39 is 0 Å². The van der Waals surface area contributed by atoms with Crippen LogP contribution in [0.25, 0.3) is 0 Å². The monoisotopic (exact) mass is 237 g/mol. The minimum absolute atomic E-state index is 0.688. The predicted molar refractivity (Wildman–Crippen MR) is 69.6 cm³/mol. The van der Waals surface area contributed by atoms with Crippen molar-refractivity contribution < 1.29 is 4.79 Å². The Hall–Kier alpha value is -0.830. The number of nitrogens with zero attached hydrogens (tertiary/aromatic N) is 1. The van der Waals surface area contributed by atoms with E-state index in [4.69, 9.17) is 0 Å². The van der Waals surface area contributed by atoms with Gasteiger partial charge < -0.3 is 4.90 Å². The van der Waals surface area contributed by atoms with E-state index in [-0.39, 0.29) is 0 Å². The van der Waals surface area contributed by atoms with Crippen molar-refractivity contribution in [2.24, 2.45) is 0 Å². The topological polar surface area (TPSA) is 20.3 Å². The van der Waals surface area contributed by atoms with Gasteiger partial charge in [0.15, 0.2) is 6.29 Å². The highest BCUT2D eigenvalue weighted by molar-refractivity contribution is 7.12. The summed E-state index contributed by atoms with van der Waals surface area (Å²) < 4.78 is 0. The first kappa shape index (κ1) is 11.6. The van der Waals surface area contributed by atoms with Gasteiger partial charge in [0.05, 0.1) is 4.88 Å². The molecule has 2 heterocycles. The van der Waals surface area contributed by atoms with Crippen molar-refractivity contribution in [3.05, 3.63) is 16.3 Å². The third-order valence-corrected chi connectivity index (χ3v) is 4.15. The van der Waals surface area contributed by atoms with Crippen LogP contribution in [0.1, 0.15) is 48.7 Å². The molecule has 0 bridgehead atoms. The fourth-order valence-corrected chi connectivity index (χ4v) is 3.23. The molecule has 1 fully saturated rings. The number of anilines is 1. The standard InChI is InChI=1S/C13H19NOS/c1-2-5-11-6-3-4-7-14(11)12-8-13(9-15)16-10-12/h8-11H,2-7H2,1H3. The summed E-state index contributed by atoms with van der Waals surface area (Å²) in [4.78, 5) is 14.0. The molecule has 0 radical (unpaired) electrons. The number of carbonyl (C=O) groups is 1. The fourth-order valence-electron chi connectivity index (χ4n) is 2.53. The maximum atomic E-state index is 10.7. The first-order chi connectivity index (χ1) is 7.85. The molecule has 1 aliphatic heterocycles. The number of aldehydes is 1. The molecule has 1 aliphatic rings. The van der Waals surface area contributed by atoms with E-state index in [1.54, 1.807) is 11.3 Å². The first-order valence-corrected chi connectivity index (χ1v) is 7.03. The van der Waals surface area contributed by atoms with Crippen molar-refractivity contribution in [3.63, 3.8) is 0 Å². The van der Waals surface area contributed by atoms with E-state index in [2.05, 4.69) is 17.2 Å². The lowest BCUT2D eigenvalue weighted by Crippen LogP contribution is -2.39. The lowest BCUT2D eigenvalue weighted by Gasteiger charge is -2.37. The summed E-state index contributed by atoms with van der Waals surface area (Å²) in [7, 11) is 0. The highest BCUT2D eigenvalue weighted by Crippen LogP contribution is 2.30. The number of rotatable bonds is 4. The normalized spacial score (nSPS) is 21.1. The Labute approximate surface area is 101 Å². The molecule has 0 amide bonds. The van der Waals surface area contributed by atoms with Crippen LogP contribution < -0.4 is 4.90 Å². The highest BCUT2D eigenvalue weighted by Gasteiger charge is 2.22. The average molecular weight is 237 g/mol. The molecule has 3 heteroatoms. The van der Waals surface area contributed by atoms with E-state index in [1.165, 1.54) is 37.8 Å². The van der Waals surface area contributed by atoms with Crippen LogP contribution in [0.2, 0.25) is 0 Å². The van der Waals surface area contributed by atoms with Crippen LogP contribution in [0.3, 0.4) is 0 Å². The zero-order chi connectivity index (χ0) is 11.4. The van der Waals surface area contributed by atoms with Crippen molar-refractivity contribution in [2.45, 2.75) is 45.1 Å². The third kappa shape index (κ3) is 2.46. The van der Waals surface area contributed by atoms with Gasteiger partial charge in [-0.2, -0.15) is 0 Å². The highest BCUT2D eigenvalue weighted by atomic mass is 32.1. The van der Waals surface area contributed by atoms with E-state index in [0.29, 0.717) is 6.04 Å². The SMILES string of the molecule is CCCC1CCCCN1c1csc(C=O)c1. The van der Waals surface area contributed by atoms with Crippen molar-refractivity contribution in [1.29, 1.82) is 0 Å². The van der Waals surface area contributed by atoms with Gasteiger partial charge in [0.1, 0.15) is 0 Å². The average Bonchev–Trinajstić information content (AvgIpc) is 2.79. The number of hydrogen-bond donors (Lipinski definition) is 0. The minimum atomic E-state index is 0.688. The van der Waals surface area contributed by atoms with Crippen molar-refractivity contribution in [2.75, 3.05) is 11.4 Å². The molecule has 1 atom stereocenters. The van der Waals surface area contributed by atoms with Gasteiger partial charge in [-0.15, -0.1) is 11.3 Å². The van der Waals surface area contributed by atoms with Crippen molar-refractivity contribution in [3.8, 4) is 0 Å². The molecule has 2 rings (SSSR count). The molecule has 0 spiro atoms. The Kier molecular flexibility index (Phi) is 3.99. The van der Waals surface area contributed by atoms with Crippen molar-refractivity contribution >= 4 is 23.3 Å². The Bertz CT molecular complexity index is 345. The van der Waals surface area contributed by atoms with Crippen LogP contribution in [-0.4, -0.2) is 18.9 Å². The van der Waals surface area contributed by atoms with Gasteiger partial charge in [-0.05, 0) is 31.7 Å². The molecule has 16 heavy (non-hydrogen) atoms. The molecule has 1 saturated heterocycles. The second kappa shape index (κ2) is 5.48. The van der Waals surface area contributed by atoms with E-state index >= 15 is 0 Å². The third-order valence-electron chi connectivity index (χ3n) is 3.30. The first-order valence-electron chi connectivity index (χ1n) is 6.15. The predicted octanol–water partition coefficient (Wildman–Crippen LogP) is 3.72. The summed E-state index contributed by atoms with van der Waals surface area (Å²) in [5.74, 6) is 0. The molecular formula is C13H19NOS. The number of carbonyl (C=O) groups excluding carboxylic acids is 1. The molecular weight excluding hydrogens is 218 g/mol. The Morgan fingerprint density at radius 3 is 3.12 bits per heavy atom. The summed E-state index contributed by atoms with van der Waals surface area (Å²) in [6.07, 6.45) is 7.41. The maximum Gasteiger partial charge on any atom is 0.160 e. The van der Waals surface area contributed by atoms with Crippen LogP contribution in [0.15, 0.2) is 11.4 Å². The van der Waals surface area contributed by atoms with E-state index in [9.17, 15) is 4.79 Å². The number of hydrogen-bond acceptors (Lipinski definition) is 3. The largest absolute Gasteiger partial charge is 0.368 e. The second-order valence-electron chi connectivity index (χ2n) is 4.46. The van der Waals surface area contributed by atoms with E-state index in [1.807, 2.05) is 6.07 Å². The molecule has 1 unspecified atom stereocenters. The van der Waals surface area contributed by atoms with Crippen LogP contribution >= 0.6 is 11.3 Å². The zero-order valence-corrected chi connectivity index (χ0v) is 10.6. The molecule has 0 aliphatic carbocycles. The zero-order valence-electron chi connectivity index (χ0n) is 9.82. The second-order valence-corrected chi connectivity index (χ2v) is 5.40. The number of thiophene rings is 1. The van der Waals surface area contributed by atoms with Gasteiger partial charge in [-0.3, -0.25) is 4.79 Å². The van der Waals surface area contributed by atoms with Crippen molar-refractivity contribution in [1.82, 2.24) is 0 Å². The van der Waals surface area contributed by atoms with Crippen LogP contribution in [0.4, 0.5) is 5.69 Å². The summed E-state index contributed by atoms with van der Waals surface area (Å²) in [5.41, 5.74) is 1.25. The lowest BCUT2D eigenvalue weighted by atomic mass is 9.98. The van der Waals surface area contributed by atoms with Crippen LogP contribution in [0, 0.1) is 0 Å².